The zero-order valence-electron chi connectivity index (χ0n) is 16.1. The topological polar surface area (TPSA) is 75.7 Å². The van der Waals surface area contributed by atoms with Gasteiger partial charge in [0, 0.05) is 19.1 Å². The lowest BCUT2D eigenvalue weighted by Gasteiger charge is -2.35. The number of ether oxygens (including phenoxy) is 1. The van der Waals surface area contributed by atoms with Crippen molar-refractivity contribution in [2.45, 2.75) is 64.4 Å². The molecular formula is C19H30N2O4S. The second-order valence-electron chi connectivity index (χ2n) is 7.83. The molecule has 7 heteroatoms. The Labute approximate surface area is 157 Å². The van der Waals surface area contributed by atoms with Crippen LogP contribution in [0.4, 0.5) is 4.79 Å². The van der Waals surface area contributed by atoms with Gasteiger partial charge in [0.2, 0.25) is 10.0 Å². The number of aryl methyl sites for hydroxylation is 1. The van der Waals surface area contributed by atoms with Gasteiger partial charge in [0.15, 0.2) is 0 Å². The van der Waals surface area contributed by atoms with E-state index >= 15 is 0 Å². The van der Waals surface area contributed by atoms with E-state index in [1.54, 1.807) is 25.1 Å². The number of carbonyl (C=O) groups is 1. The Morgan fingerprint density at radius 2 is 1.96 bits per heavy atom. The van der Waals surface area contributed by atoms with Gasteiger partial charge in [-0.25, -0.2) is 13.2 Å². The molecule has 2 rings (SSSR count). The predicted molar refractivity (Wildman–Crippen MR) is 102 cm³/mol. The summed E-state index contributed by atoms with van der Waals surface area (Å²) in [6, 6.07) is 7.30. The Hall–Kier alpha value is -1.60. The van der Waals surface area contributed by atoms with E-state index in [2.05, 4.69) is 5.32 Å². The lowest BCUT2D eigenvalue weighted by atomic mass is 10.1. The van der Waals surface area contributed by atoms with E-state index in [1.165, 1.54) is 0 Å². The molecule has 146 valence electrons. The predicted octanol–water partition coefficient (Wildman–Crippen LogP) is 3.20. The van der Waals surface area contributed by atoms with Crippen molar-refractivity contribution in [3.05, 3.63) is 35.4 Å². The molecular weight excluding hydrogens is 352 g/mol. The normalized spacial score (nSPS) is 19.2. The van der Waals surface area contributed by atoms with Gasteiger partial charge in [-0.1, -0.05) is 30.7 Å². The van der Waals surface area contributed by atoms with Gasteiger partial charge in [-0.15, -0.1) is 0 Å². The van der Waals surface area contributed by atoms with Crippen molar-refractivity contribution >= 4 is 16.1 Å². The van der Waals surface area contributed by atoms with E-state index in [0.717, 1.165) is 30.4 Å². The van der Waals surface area contributed by atoms with Crippen molar-refractivity contribution in [1.82, 2.24) is 9.62 Å². The summed E-state index contributed by atoms with van der Waals surface area (Å²) in [5, 5.41) is 2.72. The standard InChI is InChI=1S/C19H30N2O4S/c1-15-9-5-6-10-16(15)14-26(23,24)21-12-8-7-11-17(21)13-20-18(22)25-19(2,3)4/h5-6,9-10,17H,7-8,11-14H2,1-4H3,(H,20,22)/t17-/m1/s1. The van der Waals surface area contributed by atoms with Crippen LogP contribution in [0.1, 0.15) is 51.2 Å². The molecule has 0 bridgehead atoms. The van der Waals surface area contributed by atoms with Crippen molar-refractivity contribution in [1.29, 1.82) is 0 Å². The summed E-state index contributed by atoms with van der Waals surface area (Å²) < 4.78 is 32.7. The van der Waals surface area contributed by atoms with Gasteiger partial charge in [-0.2, -0.15) is 4.31 Å². The van der Waals surface area contributed by atoms with Crippen molar-refractivity contribution in [3.8, 4) is 0 Å². The van der Waals surface area contributed by atoms with Crippen LogP contribution in [0.5, 0.6) is 0 Å². The van der Waals surface area contributed by atoms with E-state index in [4.69, 9.17) is 4.74 Å². The first-order chi connectivity index (χ1) is 12.1. The van der Waals surface area contributed by atoms with Crippen LogP contribution < -0.4 is 5.32 Å². The van der Waals surface area contributed by atoms with Crippen molar-refractivity contribution in [3.63, 3.8) is 0 Å². The Bertz CT molecular complexity index is 725. The van der Waals surface area contributed by atoms with Gasteiger partial charge in [-0.05, 0) is 51.7 Å². The molecule has 1 aromatic rings. The number of hydrogen-bond acceptors (Lipinski definition) is 4. The minimum Gasteiger partial charge on any atom is -0.444 e. The number of amides is 1. The average molecular weight is 383 g/mol. The van der Waals surface area contributed by atoms with E-state index < -0.39 is 21.7 Å². The molecule has 1 aliphatic rings. The second kappa shape index (κ2) is 8.39. The van der Waals surface area contributed by atoms with Crippen LogP contribution in [-0.2, 0) is 20.5 Å². The molecule has 1 saturated heterocycles. The van der Waals surface area contributed by atoms with Crippen LogP contribution in [0.3, 0.4) is 0 Å². The first-order valence-electron chi connectivity index (χ1n) is 9.09. The summed E-state index contributed by atoms with van der Waals surface area (Å²) in [5.41, 5.74) is 1.21. The van der Waals surface area contributed by atoms with Crippen molar-refractivity contribution in [2.24, 2.45) is 0 Å². The zero-order chi connectivity index (χ0) is 19.4. The van der Waals surface area contributed by atoms with E-state index in [9.17, 15) is 13.2 Å². The Morgan fingerprint density at radius 3 is 2.62 bits per heavy atom. The van der Waals surface area contributed by atoms with Crippen LogP contribution in [-0.4, -0.2) is 43.5 Å². The summed E-state index contributed by atoms with van der Waals surface area (Å²) >= 11 is 0. The summed E-state index contributed by atoms with van der Waals surface area (Å²) in [4.78, 5) is 11.9. The maximum atomic E-state index is 13.0. The fourth-order valence-electron chi connectivity index (χ4n) is 3.11. The van der Waals surface area contributed by atoms with Crippen molar-refractivity contribution < 1.29 is 17.9 Å². The zero-order valence-corrected chi connectivity index (χ0v) is 16.9. The number of alkyl carbamates (subject to hydrolysis) is 1. The molecule has 1 heterocycles. The number of benzene rings is 1. The third kappa shape index (κ3) is 5.99. The quantitative estimate of drug-likeness (QED) is 0.848. The molecule has 6 nitrogen and oxygen atoms in total. The van der Waals surface area contributed by atoms with E-state index in [1.807, 2.05) is 31.2 Å². The third-order valence-corrected chi connectivity index (χ3v) is 6.28. The van der Waals surface area contributed by atoms with Crippen LogP contribution in [0.25, 0.3) is 0 Å². The molecule has 1 amide bonds. The number of nitrogens with zero attached hydrogens (tertiary/aromatic N) is 1. The maximum Gasteiger partial charge on any atom is 0.407 e. The first-order valence-corrected chi connectivity index (χ1v) is 10.7. The molecule has 0 radical (unpaired) electrons. The molecule has 1 atom stereocenters. The van der Waals surface area contributed by atoms with Gasteiger partial charge < -0.3 is 10.1 Å². The Kier molecular flexibility index (Phi) is 6.69. The van der Waals surface area contributed by atoms with Crippen LogP contribution in [0.15, 0.2) is 24.3 Å². The SMILES string of the molecule is Cc1ccccc1CS(=O)(=O)N1CCCC[C@@H]1CNC(=O)OC(C)(C)C. The molecule has 0 unspecified atom stereocenters. The summed E-state index contributed by atoms with van der Waals surface area (Å²) in [5.74, 6) is -0.0113. The molecule has 0 saturated carbocycles. The lowest BCUT2D eigenvalue weighted by Crippen LogP contribution is -2.50. The van der Waals surface area contributed by atoms with Crippen LogP contribution in [0, 0.1) is 6.92 Å². The number of nitrogens with one attached hydrogen (secondary N) is 1. The average Bonchev–Trinajstić information content (AvgIpc) is 2.54. The Balaban J connectivity index is 2.05. The van der Waals surface area contributed by atoms with Gasteiger partial charge in [0.1, 0.15) is 5.60 Å². The molecule has 26 heavy (non-hydrogen) atoms. The minimum absolute atomic E-state index is 0.0113. The van der Waals surface area contributed by atoms with Crippen LogP contribution in [0.2, 0.25) is 0 Å². The first kappa shape index (κ1) is 20.7. The molecule has 0 aromatic heterocycles. The summed E-state index contributed by atoms with van der Waals surface area (Å²) in [7, 11) is -3.45. The number of sulfonamides is 1. The number of hydrogen-bond donors (Lipinski definition) is 1. The van der Waals surface area contributed by atoms with E-state index in [-0.39, 0.29) is 18.3 Å². The third-order valence-electron chi connectivity index (χ3n) is 4.41. The molecule has 1 fully saturated rings. The van der Waals surface area contributed by atoms with Gasteiger partial charge >= 0.3 is 6.09 Å². The molecule has 1 aromatic carbocycles. The van der Waals surface area contributed by atoms with Gasteiger partial charge in [-0.3, -0.25) is 0 Å². The summed E-state index contributed by atoms with van der Waals surface area (Å²) in [6.07, 6.45) is 2.02. The van der Waals surface area contributed by atoms with Gasteiger partial charge in [0.05, 0.1) is 5.75 Å². The maximum absolute atomic E-state index is 13.0. The molecule has 1 N–H and O–H groups in total. The second-order valence-corrected chi connectivity index (χ2v) is 9.75. The van der Waals surface area contributed by atoms with Gasteiger partial charge in [0.25, 0.3) is 0 Å². The highest BCUT2D eigenvalue weighted by molar-refractivity contribution is 7.88. The molecule has 1 aliphatic heterocycles. The fourth-order valence-corrected chi connectivity index (χ4v) is 5.04. The largest absolute Gasteiger partial charge is 0.444 e. The highest BCUT2D eigenvalue weighted by atomic mass is 32.2. The smallest absolute Gasteiger partial charge is 0.407 e. The number of piperidine rings is 1. The number of rotatable bonds is 5. The molecule has 0 spiro atoms. The molecule has 0 aliphatic carbocycles. The van der Waals surface area contributed by atoms with Crippen LogP contribution >= 0.6 is 0 Å². The van der Waals surface area contributed by atoms with E-state index in [0.29, 0.717) is 6.54 Å². The fraction of sp³-hybridized carbons (Fsp3) is 0.632. The highest BCUT2D eigenvalue weighted by Crippen LogP contribution is 2.23. The Morgan fingerprint density at radius 1 is 1.27 bits per heavy atom. The highest BCUT2D eigenvalue weighted by Gasteiger charge is 2.33. The van der Waals surface area contributed by atoms with Crippen molar-refractivity contribution in [2.75, 3.05) is 13.1 Å². The monoisotopic (exact) mass is 382 g/mol. The lowest BCUT2D eigenvalue weighted by molar-refractivity contribution is 0.0512. The summed E-state index contributed by atoms with van der Waals surface area (Å²) in [6.45, 7) is 8.07. The minimum atomic E-state index is -3.45. The number of carbonyl (C=O) groups excluding carboxylic acids is 1.